The summed E-state index contributed by atoms with van der Waals surface area (Å²) in [6.45, 7) is 4.30. The minimum Gasteiger partial charge on any atom is -0.466 e. The van der Waals surface area contributed by atoms with Crippen LogP contribution in [0.1, 0.15) is 13.8 Å². The fourth-order valence-corrected chi connectivity index (χ4v) is 1.75. The molecule has 0 aliphatic carbocycles. The van der Waals surface area contributed by atoms with E-state index in [9.17, 15) is 9.59 Å². The van der Waals surface area contributed by atoms with Gasteiger partial charge in [0, 0.05) is 18.7 Å². The highest BCUT2D eigenvalue weighted by atomic mass is 16.5. The summed E-state index contributed by atoms with van der Waals surface area (Å²) in [4.78, 5) is 25.1. The third-order valence-corrected chi connectivity index (χ3v) is 2.68. The fraction of sp³-hybridized carbons (Fsp3) is 0.500. The zero-order valence-electron chi connectivity index (χ0n) is 10.5. The minimum absolute atomic E-state index is 0.167. The Morgan fingerprint density at radius 2 is 1.88 bits per heavy atom. The normalized spacial score (nSPS) is 19.3. The molecule has 1 heterocycles. The van der Waals surface area contributed by atoms with Crippen LogP contribution in [0.4, 0.5) is 0 Å². The van der Waals surface area contributed by atoms with Gasteiger partial charge in [0.25, 0.3) is 0 Å². The largest absolute Gasteiger partial charge is 0.466 e. The lowest BCUT2D eigenvalue weighted by molar-refractivity contribution is -0.141. The average molecular weight is 239 g/mol. The van der Waals surface area contributed by atoms with Crippen molar-refractivity contribution in [3.63, 3.8) is 0 Å². The van der Waals surface area contributed by atoms with E-state index in [0.29, 0.717) is 12.1 Å². The van der Waals surface area contributed by atoms with Crippen LogP contribution < -0.4 is 0 Å². The average Bonchev–Trinajstić information content (AvgIpc) is 2.36. The first-order chi connectivity index (χ1) is 8.06. The highest BCUT2D eigenvalue weighted by molar-refractivity contribution is 6.01. The lowest BCUT2D eigenvalue weighted by Gasteiger charge is -2.28. The van der Waals surface area contributed by atoms with Crippen LogP contribution in [0, 0.1) is 5.92 Å². The monoisotopic (exact) mass is 239 g/mol. The van der Waals surface area contributed by atoms with Crippen molar-refractivity contribution < 1.29 is 19.1 Å². The molecular formula is C12H17NO4. The summed E-state index contributed by atoms with van der Waals surface area (Å²) in [6, 6.07) is 0. The van der Waals surface area contributed by atoms with E-state index in [2.05, 4.69) is 0 Å². The topological polar surface area (TPSA) is 55.8 Å². The van der Waals surface area contributed by atoms with E-state index in [-0.39, 0.29) is 11.6 Å². The van der Waals surface area contributed by atoms with Gasteiger partial charge in [0.15, 0.2) is 0 Å². The second-order valence-corrected chi connectivity index (χ2v) is 3.66. The van der Waals surface area contributed by atoms with Gasteiger partial charge < -0.3 is 14.4 Å². The standard InChI is InChI=1S/C12H17NO4/c1-5-13-7-6-8(2)9(11(14)16-3)10(13)12(15)17-4/h6-8H,5H2,1-4H3. The van der Waals surface area contributed by atoms with Crippen LogP contribution in [-0.4, -0.2) is 37.6 Å². The van der Waals surface area contributed by atoms with Crippen molar-refractivity contribution in [3.05, 3.63) is 23.5 Å². The Kier molecular flexibility index (Phi) is 4.31. The molecule has 5 nitrogen and oxygen atoms in total. The molecule has 17 heavy (non-hydrogen) atoms. The number of hydrogen-bond donors (Lipinski definition) is 0. The molecule has 1 atom stereocenters. The van der Waals surface area contributed by atoms with Gasteiger partial charge in [-0.3, -0.25) is 0 Å². The Morgan fingerprint density at radius 1 is 1.29 bits per heavy atom. The van der Waals surface area contributed by atoms with Crippen LogP contribution in [0.5, 0.6) is 0 Å². The van der Waals surface area contributed by atoms with Gasteiger partial charge in [0.1, 0.15) is 5.70 Å². The van der Waals surface area contributed by atoms with Crippen molar-refractivity contribution in [3.8, 4) is 0 Å². The number of carbonyl (C=O) groups is 2. The van der Waals surface area contributed by atoms with Crippen LogP contribution in [0.25, 0.3) is 0 Å². The van der Waals surface area contributed by atoms with Gasteiger partial charge in [-0.15, -0.1) is 0 Å². The van der Waals surface area contributed by atoms with Gasteiger partial charge in [0.05, 0.1) is 19.8 Å². The molecule has 0 aromatic carbocycles. The van der Waals surface area contributed by atoms with Gasteiger partial charge in [0.2, 0.25) is 0 Å². The maximum atomic E-state index is 11.7. The third-order valence-electron chi connectivity index (χ3n) is 2.68. The molecule has 1 rings (SSSR count). The van der Waals surface area contributed by atoms with Crippen molar-refractivity contribution >= 4 is 11.9 Å². The molecule has 0 fully saturated rings. The Hall–Kier alpha value is -1.78. The molecule has 94 valence electrons. The van der Waals surface area contributed by atoms with Crippen molar-refractivity contribution in [1.29, 1.82) is 0 Å². The molecule has 0 spiro atoms. The zero-order chi connectivity index (χ0) is 13.0. The van der Waals surface area contributed by atoms with E-state index in [4.69, 9.17) is 9.47 Å². The first kappa shape index (κ1) is 13.3. The van der Waals surface area contributed by atoms with Crippen molar-refractivity contribution in [2.75, 3.05) is 20.8 Å². The second-order valence-electron chi connectivity index (χ2n) is 3.66. The predicted molar refractivity (Wildman–Crippen MR) is 61.7 cm³/mol. The molecule has 1 unspecified atom stereocenters. The van der Waals surface area contributed by atoms with Gasteiger partial charge in [-0.2, -0.15) is 0 Å². The lowest BCUT2D eigenvalue weighted by atomic mass is 9.95. The van der Waals surface area contributed by atoms with Gasteiger partial charge in [-0.25, -0.2) is 9.59 Å². The molecular weight excluding hydrogens is 222 g/mol. The van der Waals surface area contributed by atoms with Gasteiger partial charge >= 0.3 is 11.9 Å². The molecule has 0 aromatic rings. The summed E-state index contributed by atoms with van der Waals surface area (Å²) < 4.78 is 9.43. The maximum absolute atomic E-state index is 11.7. The summed E-state index contributed by atoms with van der Waals surface area (Å²) in [7, 11) is 2.59. The van der Waals surface area contributed by atoms with E-state index in [1.54, 1.807) is 11.1 Å². The van der Waals surface area contributed by atoms with Gasteiger partial charge in [-0.1, -0.05) is 13.0 Å². The van der Waals surface area contributed by atoms with Crippen LogP contribution in [-0.2, 0) is 19.1 Å². The van der Waals surface area contributed by atoms with E-state index in [0.717, 1.165) is 0 Å². The molecule has 0 amide bonds. The Bertz CT molecular complexity index is 384. The number of carbonyl (C=O) groups excluding carboxylic acids is 2. The Balaban J connectivity index is 3.29. The smallest absolute Gasteiger partial charge is 0.355 e. The van der Waals surface area contributed by atoms with Crippen LogP contribution >= 0.6 is 0 Å². The van der Waals surface area contributed by atoms with Crippen molar-refractivity contribution in [2.45, 2.75) is 13.8 Å². The zero-order valence-corrected chi connectivity index (χ0v) is 10.5. The highest BCUT2D eigenvalue weighted by Gasteiger charge is 2.31. The number of esters is 2. The number of rotatable bonds is 3. The maximum Gasteiger partial charge on any atom is 0.355 e. The molecule has 1 aliphatic rings. The number of ether oxygens (including phenoxy) is 2. The quantitative estimate of drug-likeness (QED) is 0.689. The summed E-state index contributed by atoms with van der Waals surface area (Å²) in [5.74, 6) is -1.19. The minimum atomic E-state index is -0.525. The van der Waals surface area contributed by atoms with Crippen molar-refractivity contribution in [1.82, 2.24) is 4.90 Å². The Morgan fingerprint density at radius 3 is 2.35 bits per heavy atom. The first-order valence-electron chi connectivity index (χ1n) is 5.42. The van der Waals surface area contributed by atoms with E-state index >= 15 is 0 Å². The SMILES string of the molecule is CCN1C=CC(C)C(C(=O)OC)=C1C(=O)OC. The number of hydrogen-bond acceptors (Lipinski definition) is 5. The molecule has 5 heteroatoms. The third kappa shape index (κ3) is 2.49. The lowest BCUT2D eigenvalue weighted by Crippen LogP contribution is -2.32. The second kappa shape index (κ2) is 5.52. The van der Waals surface area contributed by atoms with E-state index in [1.807, 2.05) is 19.9 Å². The van der Waals surface area contributed by atoms with E-state index < -0.39 is 11.9 Å². The molecule has 0 radical (unpaired) electrons. The number of methoxy groups -OCH3 is 2. The molecule has 0 saturated heterocycles. The molecule has 0 N–H and O–H groups in total. The summed E-state index contributed by atoms with van der Waals surface area (Å²) in [6.07, 6.45) is 3.63. The number of likely N-dealkylation sites (N-methyl/N-ethyl adjacent to an activating group) is 1. The Labute approximate surface area is 101 Å². The van der Waals surface area contributed by atoms with Crippen molar-refractivity contribution in [2.24, 2.45) is 5.92 Å². The fourth-order valence-electron chi connectivity index (χ4n) is 1.75. The molecule has 0 bridgehead atoms. The highest BCUT2D eigenvalue weighted by Crippen LogP contribution is 2.26. The molecule has 1 aliphatic heterocycles. The summed E-state index contributed by atoms with van der Waals surface area (Å²) in [5.41, 5.74) is 0.598. The summed E-state index contributed by atoms with van der Waals surface area (Å²) in [5, 5.41) is 0. The van der Waals surface area contributed by atoms with Crippen LogP contribution in [0.15, 0.2) is 23.5 Å². The van der Waals surface area contributed by atoms with Gasteiger partial charge in [-0.05, 0) is 6.92 Å². The molecule has 0 saturated carbocycles. The first-order valence-corrected chi connectivity index (χ1v) is 5.42. The van der Waals surface area contributed by atoms with Crippen LogP contribution in [0.3, 0.4) is 0 Å². The van der Waals surface area contributed by atoms with Crippen LogP contribution in [0.2, 0.25) is 0 Å². The van der Waals surface area contributed by atoms with E-state index in [1.165, 1.54) is 14.2 Å². The molecule has 0 aromatic heterocycles. The predicted octanol–water partition coefficient (Wildman–Crippen LogP) is 1.07. The number of allylic oxidation sites excluding steroid dienone is 1. The summed E-state index contributed by atoms with van der Waals surface area (Å²) >= 11 is 0. The number of nitrogens with zero attached hydrogens (tertiary/aromatic N) is 1.